The van der Waals surface area contributed by atoms with Crippen LogP contribution in [0.5, 0.6) is 5.75 Å². The van der Waals surface area contributed by atoms with E-state index in [0.29, 0.717) is 30.7 Å². The number of anilines is 1. The Morgan fingerprint density at radius 1 is 1.21 bits per heavy atom. The van der Waals surface area contributed by atoms with E-state index in [-0.39, 0.29) is 35.9 Å². The Morgan fingerprint density at radius 2 is 2.05 bits per heavy atom. The molecule has 4 aliphatic rings. The molecule has 2 aliphatic heterocycles. The Kier molecular flexibility index (Phi) is 8.26. The summed E-state index contributed by atoms with van der Waals surface area (Å²) in [6, 6.07) is 13.8. The molecule has 6 rings (SSSR count). The van der Waals surface area contributed by atoms with E-state index in [0.717, 1.165) is 57.1 Å². The normalized spacial score (nSPS) is 31.4. The van der Waals surface area contributed by atoms with Crippen molar-refractivity contribution in [3.05, 3.63) is 59.2 Å². The van der Waals surface area contributed by atoms with Crippen LogP contribution in [-0.2, 0) is 31.3 Å². The number of aryl methyl sites for hydroxylation is 1. The summed E-state index contributed by atoms with van der Waals surface area (Å²) in [4.78, 5) is 11.7. The highest BCUT2D eigenvalue weighted by Gasteiger charge is 2.50. The van der Waals surface area contributed by atoms with Gasteiger partial charge in [-0.25, -0.2) is 18.4 Å². The molecule has 2 fully saturated rings. The summed E-state index contributed by atoms with van der Waals surface area (Å²) in [6.45, 7) is 2.96. The van der Waals surface area contributed by atoms with E-state index in [9.17, 15) is 18.3 Å². The van der Waals surface area contributed by atoms with Gasteiger partial charge < -0.3 is 24.6 Å². The van der Waals surface area contributed by atoms with Gasteiger partial charge >= 0.3 is 5.97 Å². The van der Waals surface area contributed by atoms with Crippen molar-refractivity contribution in [3.63, 3.8) is 0 Å². The predicted octanol–water partition coefficient (Wildman–Crippen LogP) is 4.49. The van der Waals surface area contributed by atoms with Crippen molar-refractivity contribution in [1.82, 2.24) is 0 Å². The summed E-state index contributed by atoms with van der Waals surface area (Å²) >= 11 is 0. The monoisotopic (exact) mass is 598 g/mol. The van der Waals surface area contributed by atoms with Crippen LogP contribution in [-0.4, -0.2) is 62.8 Å². The number of aromatic carboxylic acids is 1. The number of benzene rings is 2. The molecule has 0 amide bonds. The molecule has 10 heteroatoms. The van der Waals surface area contributed by atoms with Crippen LogP contribution in [0.15, 0.2) is 42.5 Å². The standard InChI is InChI=1S/C32H42N2O7S/c1-20(42(33,37)38)18-40-24-12-14-39-29(17-24)25-10-8-22(25)16-30-32(13-4-6-21-5-2-3-7-26(21)32)19-34-27-15-23(31(35)36)9-11-28(27)41-30/h2-3,5,7,9,11,15,20,22,24-25,29-30,34H,4,6,8,10,12-14,16-19H2,1H3,(H,35,36)(H2,33,37,38)/t20-,22-,24+,25-,29-,30?,32?/m1/s1. The van der Waals surface area contributed by atoms with Gasteiger partial charge in [0.15, 0.2) is 0 Å². The Balaban J connectivity index is 1.22. The molecule has 2 unspecified atom stereocenters. The fraction of sp³-hybridized carbons (Fsp3) is 0.594. The second-order valence-electron chi connectivity index (χ2n) is 12.7. The van der Waals surface area contributed by atoms with Gasteiger partial charge in [0.1, 0.15) is 11.9 Å². The number of hydrogen-bond donors (Lipinski definition) is 3. The van der Waals surface area contributed by atoms with Crippen molar-refractivity contribution in [2.24, 2.45) is 17.0 Å². The largest absolute Gasteiger partial charge is 0.487 e. The van der Waals surface area contributed by atoms with Gasteiger partial charge in [-0.3, -0.25) is 0 Å². The number of fused-ring (bicyclic) bond motifs is 3. The Hall–Kier alpha value is -2.66. The number of rotatable bonds is 8. The Labute approximate surface area is 248 Å². The molecule has 228 valence electrons. The number of primary sulfonamides is 1. The number of nitrogens with one attached hydrogen (secondary N) is 1. The van der Waals surface area contributed by atoms with Crippen LogP contribution >= 0.6 is 0 Å². The first-order valence-corrected chi connectivity index (χ1v) is 16.9. The van der Waals surface area contributed by atoms with E-state index in [4.69, 9.17) is 19.3 Å². The average Bonchev–Trinajstić information content (AvgIpc) is 3.10. The topological polar surface area (TPSA) is 137 Å². The first-order chi connectivity index (χ1) is 20.1. The summed E-state index contributed by atoms with van der Waals surface area (Å²) in [7, 11) is -3.62. The van der Waals surface area contributed by atoms with Gasteiger partial charge in [-0.05, 0) is 93.0 Å². The lowest BCUT2D eigenvalue weighted by Crippen LogP contribution is -2.52. The Morgan fingerprint density at radius 3 is 2.81 bits per heavy atom. The molecule has 1 spiro atoms. The molecule has 1 saturated heterocycles. The van der Waals surface area contributed by atoms with Crippen molar-refractivity contribution in [3.8, 4) is 5.75 Å². The lowest BCUT2D eigenvalue weighted by Gasteiger charge is -2.49. The van der Waals surface area contributed by atoms with Crippen LogP contribution in [0, 0.1) is 11.8 Å². The fourth-order valence-electron chi connectivity index (χ4n) is 7.55. The molecule has 1 saturated carbocycles. The second kappa shape index (κ2) is 11.8. The van der Waals surface area contributed by atoms with Gasteiger partial charge in [0, 0.05) is 25.0 Å². The molecule has 0 bridgehead atoms. The van der Waals surface area contributed by atoms with Gasteiger partial charge in [0.25, 0.3) is 0 Å². The zero-order valence-electron chi connectivity index (χ0n) is 24.2. The van der Waals surface area contributed by atoms with Crippen LogP contribution in [0.25, 0.3) is 0 Å². The van der Waals surface area contributed by atoms with Crippen molar-refractivity contribution >= 4 is 21.7 Å². The summed E-state index contributed by atoms with van der Waals surface area (Å²) in [5.74, 6) is 0.556. The third-order valence-electron chi connectivity index (χ3n) is 10.2. The zero-order valence-corrected chi connectivity index (χ0v) is 25.0. The highest BCUT2D eigenvalue weighted by Crippen LogP contribution is 2.50. The van der Waals surface area contributed by atoms with Gasteiger partial charge in [-0.2, -0.15) is 0 Å². The van der Waals surface area contributed by atoms with Gasteiger partial charge in [0.05, 0.1) is 35.3 Å². The number of hydrogen-bond acceptors (Lipinski definition) is 7. The number of carboxylic acid groups (broad SMARTS) is 1. The highest BCUT2D eigenvalue weighted by atomic mass is 32.2. The smallest absolute Gasteiger partial charge is 0.335 e. The molecular weight excluding hydrogens is 556 g/mol. The summed E-state index contributed by atoms with van der Waals surface area (Å²) in [6.07, 6.45) is 7.64. The summed E-state index contributed by atoms with van der Waals surface area (Å²) in [5, 5.41) is 17.7. The third kappa shape index (κ3) is 5.78. The van der Waals surface area contributed by atoms with E-state index in [2.05, 4.69) is 29.6 Å². The lowest BCUT2D eigenvalue weighted by molar-refractivity contribution is -0.123. The van der Waals surface area contributed by atoms with Crippen LogP contribution in [0.3, 0.4) is 0 Å². The highest BCUT2D eigenvalue weighted by molar-refractivity contribution is 7.89. The summed E-state index contributed by atoms with van der Waals surface area (Å²) < 4.78 is 42.5. The maximum Gasteiger partial charge on any atom is 0.335 e. The number of carbonyl (C=O) groups is 1. The minimum atomic E-state index is -3.62. The predicted molar refractivity (Wildman–Crippen MR) is 159 cm³/mol. The van der Waals surface area contributed by atoms with Crippen LogP contribution in [0.1, 0.15) is 73.4 Å². The first kappa shape index (κ1) is 29.4. The fourth-order valence-corrected chi connectivity index (χ4v) is 7.81. The van der Waals surface area contributed by atoms with E-state index < -0.39 is 21.2 Å². The van der Waals surface area contributed by atoms with E-state index >= 15 is 0 Å². The zero-order chi connectivity index (χ0) is 29.5. The molecule has 0 aromatic heterocycles. The van der Waals surface area contributed by atoms with Crippen molar-refractivity contribution in [2.45, 2.75) is 87.3 Å². The average molecular weight is 599 g/mol. The molecule has 9 nitrogen and oxygen atoms in total. The van der Waals surface area contributed by atoms with E-state index in [1.165, 1.54) is 11.1 Å². The van der Waals surface area contributed by atoms with Crippen LogP contribution in [0.4, 0.5) is 5.69 Å². The second-order valence-corrected chi connectivity index (χ2v) is 14.7. The van der Waals surface area contributed by atoms with Crippen LogP contribution < -0.4 is 15.2 Å². The van der Waals surface area contributed by atoms with Gasteiger partial charge in [-0.1, -0.05) is 24.3 Å². The molecule has 2 aromatic rings. The van der Waals surface area contributed by atoms with Crippen molar-refractivity contribution in [2.75, 3.05) is 25.1 Å². The minimum absolute atomic E-state index is 0.0422. The maximum atomic E-state index is 11.7. The SMILES string of the molecule is C[C@H](CO[C@H]1CCO[C@@H]([C@@H]2CC[C@@H]2CC2Oc3ccc(C(=O)O)cc3NCC23CCCc2ccccc23)C1)S(N)(=O)=O. The molecule has 2 aromatic carbocycles. The molecule has 42 heavy (non-hydrogen) atoms. The molecule has 2 aliphatic carbocycles. The van der Waals surface area contributed by atoms with Crippen LogP contribution in [0.2, 0.25) is 0 Å². The summed E-state index contributed by atoms with van der Waals surface area (Å²) in [5.41, 5.74) is 3.44. The molecule has 7 atom stereocenters. The molecule has 4 N–H and O–H groups in total. The van der Waals surface area contributed by atoms with E-state index in [1.807, 2.05) is 0 Å². The quantitative estimate of drug-likeness (QED) is 0.404. The Bertz CT molecular complexity index is 1420. The number of nitrogens with two attached hydrogens (primary N) is 1. The molecule has 0 radical (unpaired) electrons. The van der Waals surface area contributed by atoms with E-state index in [1.54, 1.807) is 25.1 Å². The molecular formula is C32H42N2O7S. The maximum absolute atomic E-state index is 11.7. The number of carboxylic acids is 1. The van der Waals surface area contributed by atoms with Gasteiger partial charge in [0.2, 0.25) is 10.0 Å². The van der Waals surface area contributed by atoms with Crippen molar-refractivity contribution in [1.29, 1.82) is 0 Å². The molecule has 2 heterocycles. The number of sulfonamides is 1. The third-order valence-corrected chi connectivity index (χ3v) is 11.5. The van der Waals surface area contributed by atoms with Gasteiger partial charge in [-0.15, -0.1) is 0 Å². The van der Waals surface area contributed by atoms with Crippen molar-refractivity contribution < 1.29 is 32.5 Å². The first-order valence-electron chi connectivity index (χ1n) is 15.2. The lowest BCUT2D eigenvalue weighted by atomic mass is 9.60. The minimum Gasteiger partial charge on any atom is -0.487 e. The number of ether oxygens (including phenoxy) is 3.